The van der Waals surface area contributed by atoms with E-state index in [4.69, 9.17) is 9.15 Å². The zero-order chi connectivity index (χ0) is 20.9. The molecular formula is C22H18FN3O3S. The van der Waals surface area contributed by atoms with Crippen LogP contribution in [-0.2, 0) is 10.5 Å². The van der Waals surface area contributed by atoms with E-state index < -0.39 is 5.97 Å². The largest absolute Gasteiger partial charge is 0.468 e. The molecule has 0 bridgehead atoms. The molecule has 6 nitrogen and oxygen atoms in total. The topological polar surface area (TPSA) is 70.2 Å². The fourth-order valence-electron chi connectivity index (χ4n) is 2.93. The number of nitrogens with zero attached hydrogens (tertiary/aromatic N) is 3. The zero-order valence-corrected chi connectivity index (χ0v) is 16.9. The molecule has 0 aliphatic heterocycles. The van der Waals surface area contributed by atoms with Gasteiger partial charge < -0.3 is 9.15 Å². The predicted octanol–water partition coefficient (Wildman–Crippen LogP) is 5.14. The monoisotopic (exact) mass is 423 g/mol. The van der Waals surface area contributed by atoms with Gasteiger partial charge in [-0.1, -0.05) is 42.1 Å². The standard InChI is InChI=1S/C22H18FN3O3S/c1-2-28-21(27)18-12-13-29-19(18)14-30-22-25-24-20(15-6-4-3-5-7-15)26(22)17-10-8-16(23)9-11-17/h3-13H,2,14H2,1H3. The number of hydrogen-bond acceptors (Lipinski definition) is 6. The number of carbonyl (C=O) groups excluding carboxylic acids is 1. The van der Waals surface area contributed by atoms with Crippen LogP contribution in [0.3, 0.4) is 0 Å². The van der Waals surface area contributed by atoms with E-state index in [1.165, 1.54) is 30.2 Å². The Kier molecular flexibility index (Phi) is 5.94. The summed E-state index contributed by atoms with van der Waals surface area (Å²) in [6, 6.07) is 17.3. The van der Waals surface area contributed by atoms with Gasteiger partial charge in [0.25, 0.3) is 0 Å². The minimum Gasteiger partial charge on any atom is -0.468 e. The highest BCUT2D eigenvalue weighted by atomic mass is 32.2. The molecule has 8 heteroatoms. The molecule has 0 aliphatic carbocycles. The lowest BCUT2D eigenvalue weighted by atomic mass is 10.2. The van der Waals surface area contributed by atoms with Crippen LogP contribution >= 0.6 is 11.8 Å². The molecule has 0 N–H and O–H groups in total. The molecule has 4 rings (SSSR count). The van der Waals surface area contributed by atoms with Crippen molar-refractivity contribution in [1.29, 1.82) is 0 Å². The maximum Gasteiger partial charge on any atom is 0.341 e. The molecule has 0 fully saturated rings. The summed E-state index contributed by atoms with van der Waals surface area (Å²) in [4.78, 5) is 12.1. The smallest absolute Gasteiger partial charge is 0.341 e. The first-order valence-corrected chi connectivity index (χ1v) is 10.3. The summed E-state index contributed by atoms with van der Waals surface area (Å²) in [5.74, 6) is 0.738. The number of ether oxygens (including phenoxy) is 1. The molecule has 30 heavy (non-hydrogen) atoms. The third-order valence-corrected chi connectivity index (χ3v) is 5.25. The van der Waals surface area contributed by atoms with Crippen LogP contribution in [0.5, 0.6) is 0 Å². The van der Waals surface area contributed by atoms with Gasteiger partial charge in [-0.05, 0) is 37.3 Å². The van der Waals surface area contributed by atoms with Gasteiger partial charge in [-0.25, -0.2) is 9.18 Å². The van der Waals surface area contributed by atoms with Crippen LogP contribution in [0.4, 0.5) is 4.39 Å². The molecule has 0 saturated carbocycles. The Labute approximate surface area is 176 Å². The summed E-state index contributed by atoms with van der Waals surface area (Å²) >= 11 is 1.36. The van der Waals surface area contributed by atoms with E-state index in [0.29, 0.717) is 28.1 Å². The van der Waals surface area contributed by atoms with Crippen LogP contribution in [0.2, 0.25) is 0 Å². The minimum absolute atomic E-state index is 0.288. The van der Waals surface area contributed by atoms with Crippen molar-refractivity contribution in [3.63, 3.8) is 0 Å². The second kappa shape index (κ2) is 8.96. The number of aromatic nitrogens is 3. The molecule has 0 radical (unpaired) electrons. The molecule has 2 aromatic heterocycles. The summed E-state index contributed by atoms with van der Waals surface area (Å²) in [6.07, 6.45) is 1.46. The molecule has 152 valence electrons. The van der Waals surface area contributed by atoms with E-state index in [0.717, 1.165) is 11.3 Å². The van der Waals surface area contributed by atoms with Crippen molar-refractivity contribution in [2.24, 2.45) is 0 Å². The molecule has 2 heterocycles. The Morgan fingerprint density at radius 3 is 2.60 bits per heavy atom. The lowest BCUT2D eigenvalue weighted by molar-refractivity contribution is 0.0524. The van der Waals surface area contributed by atoms with Crippen LogP contribution in [0.1, 0.15) is 23.0 Å². The van der Waals surface area contributed by atoms with E-state index >= 15 is 0 Å². The Balaban J connectivity index is 1.68. The zero-order valence-electron chi connectivity index (χ0n) is 16.1. The van der Waals surface area contributed by atoms with E-state index in [2.05, 4.69) is 10.2 Å². The highest BCUT2D eigenvalue weighted by molar-refractivity contribution is 7.98. The number of carbonyl (C=O) groups is 1. The van der Waals surface area contributed by atoms with Crippen molar-refractivity contribution >= 4 is 17.7 Å². The molecule has 0 saturated heterocycles. The Hall–Kier alpha value is -3.39. The Morgan fingerprint density at radius 1 is 1.10 bits per heavy atom. The highest BCUT2D eigenvalue weighted by Crippen LogP contribution is 2.30. The highest BCUT2D eigenvalue weighted by Gasteiger charge is 2.20. The van der Waals surface area contributed by atoms with Gasteiger partial charge in [0.1, 0.15) is 17.1 Å². The van der Waals surface area contributed by atoms with Crippen molar-refractivity contribution in [2.45, 2.75) is 17.8 Å². The third-order valence-electron chi connectivity index (χ3n) is 4.32. The van der Waals surface area contributed by atoms with Gasteiger partial charge in [-0.3, -0.25) is 4.57 Å². The van der Waals surface area contributed by atoms with Crippen LogP contribution in [-0.4, -0.2) is 27.3 Å². The van der Waals surface area contributed by atoms with Crippen molar-refractivity contribution in [2.75, 3.05) is 6.61 Å². The summed E-state index contributed by atoms with van der Waals surface area (Å²) in [5.41, 5.74) is 2.00. The summed E-state index contributed by atoms with van der Waals surface area (Å²) in [5, 5.41) is 9.26. The number of benzene rings is 2. The first kappa shape index (κ1) is 19.9. The van der Waals surface area contributed by atoms with E-state index in [-0.39, 0.29) is 12.4 Å². The molecule has 0 spiro atoms. The second-order valence-electron chi connectivity index (χ2n) is 6.25. The molecule has 0 atom stereocenters. The summed E-state index contributed by atoms with van der Waals surface area (Å²) < 4.78 is 25.9. The molecule has 0 amide bonds. The number of hydrogen-bond donors (Lipinski definition) is 0. The number of halogens is 1. The molecule has 0 unspecified atom stereocenters. The van der Waals surface area contributed by atoms with Gasteiger partial charge >= 0.3 is 5.97 Å². The van der Waals surface area contributed by atoms with E-state index in [1.54, 1.807) is 25.1 Å². The van der Waals surface area contributed by atoms with E-state index in [1.807, 2.05) is 34.9 Å². The molecule has 0 aliphatic rings. The Bertz CT molecular complexity index is 1140. The lowest BCUT2D eigenvalue weighted by Crippen LogP contribution is -2.05. The van der Waals surface area contributed by atoms with Crippen molar-refractivity contribution in [3.05, 3.63) is 84.1 Å². The average molecular weight is 423 g/mol. The van der Waals surface area contributed by atoms with E-state index in [9.17, 15) is 9.18 Å². The molecule has 4 aromatic rings. The van der Waals surface area contributed by atoms with Crippen molar-refractivity contribution in [3.8, 4) is 17.1 Å². The SMILES string of the molecule is CCOC(=O)c1ccoc1CSc1nnc(-c2ccccc2)n1-c1ccc(F)cc1. The quantitative estimate of drug-likeness (QED) is 0.303. The number of furan rings is 1. The maximum absolute atomic E-state index is 13.5. The van der Waals surface area contributed by atoms with Crippen molar-refractivity contribution in [1.82, 2.24) is 14.8 Å². The van der Waals surface area contributed by atoms with Crippen molar-refractivity contribution < 1.29 is 18.3 Å². The normalized spacial score (nSPS) is 10.9. The summed E-state index contributed by atoms with van der Waals surface area (Å²) in [6.45, 7) is 2.04. The van der Waals surface area contributed by atoms with Gasteiger partial charge in [-0.2, -0.15) is 0 Å². The van der Waals surface area contributed by atoms with Gasteiger partial charge in [-0.15, -0.1) is 10.2 Å². The first-order chi connectivity index (χ1) is 14.7. The second-order valence-corrected chi connectivity index (χ2v) is 7.19. The fourth-order valence-corrected chi connectivity index (χ4v) is 3.84. The number of esters is 1. The maximum atomic E-state index is 13.5. The van der Waals surface area contributed by atoms with Crippen LogP contribution in [0.25, 0.3) is 17.1 Å². The van der Waals surface area contributed by atoms with Crippen LogP contribution in [0.15, 0.2) is 76.5 Å². The minimum atomic E-state index is -0.424. The van der Waals surface area contributed by atoms with Gasteiger partial charge in [0.2, 0.25) is 0 Å². The lowest BCUT2D eigenvalue weighted by Gasteiger charge is -2.10. The summed E-state index contributed by atoms with van der Waals surface area (Å²) in [7, 11) is 0. The fraction of sp³-hybridized carbons (Fsp3) is 0.136. The first-order valence-electron chi connectivity index (χ1n) is 9.30. The van der Waals surface area contributed by atoms with Gasteiger partial charge in [0, 0.05) is 11.3 Å². The number of rotatable bonds is 7. The molecule has 2 aromatic carbocycles. The Morgan fingerprint density at radius 2 is 1.87 bits per heavy atom. The van der Waals surface area contributed by atoms with Gasteiger partial charge in [0.05, 0.1) is 18.6 Å². The average Bonchev–Trinajstić information content (AvgIpc) is 3.41. The van der Waals surface area contributed by atoms with Gasteiger partial charge in [0.15, 0.2) is 11.0 Å². The van der Waals surface area contributed by atoms with Crippen LogP contribution in [0, 0.1) is 5.82 Å². The number of thioether (sulfide) groups is 1. The predicted molar refractivity (Wildman–Crippen MR) is 111 cm³/mol. The van der Waals surface area contributed by atoms with Crippen LogP contribution < -0.4 is 0 Å². The molecular weight excluding hydrogens is 405 g/mol. The third kappa shape index (κ3) is 4.13.